The molecule has 1 N–H and O–H groups in total. The summed E-state index contributed by atoms with van der Waals surface area (Å²) in [4.78, 5) is 28.4. The predicted molar refractivity (Wildman–Crippen MR) is 83.3 cm³/mol. The van der Waals surface area contributed by atoms with Gasteiger partial charge < -0.3 is 14.9 Å². The van der Waals surface area contributed by atoms with E-state index >= 15 is 0 Å². The number of carbonyl (C=O) groups excluding carboxylic acids is 2. The van der Waals surface area contributed by atoms with E-state index in [0.29, 0.717) is 25.8 Å². The van der Waals surface area contributed by atoms with Crippen molar-refractivity contribution in [3.63, 3.8) is 0 Å². The second kappa shape index (κ2) is 6.08. The van der Waals surface area contributed by atoms with E-state index in [1.165, 1.54) is 0 Å². The third-order valence-electron chi connectivity index (χ3n) is 4.86. The van der Waals surface area contributed by atoms with Crippen LogP contribution in [0.2, 0.25) is 0 Å². The fourth-order valence-electron chi connectivity index (χ4n) is 3.53. The van der Waals surface area contributed by atoms with Crippen LogP contribution in [0.25, 0.3) is 0 Å². The Morgan fingerprint density at radius 1 is 1.23 bits per heavy atom. The summed E-state index contributed by atoms with van der Waals surface area (Å²) >= 11 is 0. The lowest BCUT2D eigenvalue weighted by molar-refractivity contribution is -0.142. The first-order valence-corrected chi connectivity index (χ1v) is 7.91. The van der Waals surface area contributed by atoms with Crippen LogP contribution in [0.4, 0.5) is 5.69 Å². The summed E-state index contributed by atoms with van der Waals surface area (Å²) < 4.78 is 0. The fourth-order valence-corrected chi connectivity index (χ4v) is 3.53. The lowest BCUT2D eigenvalue weighted by Crippen LogP contribution is -2.46. The molecule has 2 amide bonds. The number of anilines is 1. The molecule has 0 bridgehead atoms. The molecule has 22 heavy (non-hydrogen) atoms. The van der Waals surface area contributed by atoms with Crippen LogP contribution in [-0.2, 0) is 9.59 Å². The number of para-hydroxylation sites is 1. The van der Waals surface area contributed by atoms with Crippen molar-refractivity contribution < 1.29 is 14.7 Å². The van der Waals surface area contributed by atoms with Gasteiger partial charge in [-0.1, -0.05) is 18.2 Å². The number of aliphatic hydroxyl groups is 1. The zero-order chi connectivity index (χ0) is 15.7. The molecule has 3 unspecified atom stereocenters. The summed E-state index contributed by atoms with van der Waals surface area (Å²) in [5.41, 5.74) is 0.872. The van der Waals surface area contributed by atoms with Gasteiger partial charge in [-0.3, -0.25) is 9.59 Å². The standard InChI is InChI=1S/C17H22N2O3/c1-18(16(21)13-8-5-9-15(13)20)14-10-11-19(17(14)22)12-6-3-2-4-7-12/h2-4,6-7,13-15,20H,5,8-11H2,1H3. The van der Waals surface area contributed by atoms with Gasteiger partial charge in [0.1, 0.15) is 6.04 Å². The van der Waals surface area contributed by atoms with E-state index in [1.54, 1.807) is 16.8 Å². The number of carbonyl (C=O) groups is 2. The molecular formula is C17H22N2O3. The smallest absolute Gasteiger partial charge is 0.249 e. The Hall–Kier alpha value is -1.88. The summed E-state index contributed by atoms with van der Waals surface area (Å²) in [7, 11) is 1.68. The molecule has 1 saturated carbocycles. The highest BCUT2D eigenvalue weighted by Crippen LogP contribution is 2.30. The molecule has 1 aliphatic carbocycles. The number of likely N-dealkylation sites (N-methyl/N-ethyl adjacent to an activating group) is 1. The highest BCUT2D eigenvalue weighted by Gasteiger charge is 2.41. The number of amides is 2. The Labute approximate surface area is 130 Å². The first kappa shape index (κ1) is 15.0. The van der Waals surface area contributed by atoms with Crippen LogP contribution >= 0.6 is 0 Å². The van der Waals surface area contributed by atoms with Crippen LogP contribution < -0.4 is 4.90 Å². The van der Waals surface area contributed by atoms with Crippen molar-refractivity contribution in [3.05, 3.63) is 30.3 Å². The van der Waals surface area contributed by atoms with E-state index in [4.69, 9.17) is 0 Å². The minimum absolute atomic E-state index is 0.0328. The number of rotatable bonds is 3. The number of aliphatic hydroxyl groups excluding tert-OH is 1. The van der Waals surface area contributed by atoms with Gasteiger partial charge in [0.2, 0.25) is 11.8 Å². The minimum atomic E-state index is -0.559. The van der Waals surface area contributed by atoms with Gasteiger partial charge in [-0.15, -0.1) is 0 Å². The van der Waals surface area contributed by atoms with Crippen LogP contribution in [0.5, 0.6) is 0 Å². The van der Waals surface area contributed by atoms with Crippen molar-refractivity contribution in [2.24, 2.45) is 5.92 Å². The van der Waals surface area contributed by atoms with Crippen LogP contribution in [0.1, 0.15) is 25.7 Å². The van der Waals surface area contributed by atoms with Crippen LogP contribution in [0.3, 0.4) is 0 Å². The first-order chi connectivity index (χ1) is 10.6. The summed E-state index contributed by atoms with van der Waals surface area (Å²) in [6.07, 6.45) is 2.35. The summed E-state index contributed by atoms with van der Waals surface area (Å²) in [6.45, 7) is 0.623. The molecule has 118 valence electrons. The van der Waals surface area contributed by atoms with E-state index in [0.717, 1.165) is 12.1 Å². The Bertz CT molecular complexity index is 560. The predicted octanol–water partition coefficient (Wildman–Crippen LogP) is 1.41. The lowest BCUT2D eigenvalue weighted by Gasteiger charge is -2.27. The molecule has 1 heterocycles. The molecule has 0 aromatic heterocycles. The van der Waals surface area contributed by atoms with Crippen molar-refractivity contribution >= 4 is 17.5 Å². The fraction of sp³-hybridized carbons (Fsp3) is 0.529. The van der Waals surface area contributed by atoms with Gasteiger partial charge in [0.05, 0.1) is 12.0 Å². The number of benzene rings is 1. The molecule has 1 aromatic rings. The van der Waals surface area contributed by atoms with E-state index < -0.39 is 12.1 Å². The third kappa shape index (κ3) is 2.61. The first-order valence-electron chi connectivity index (χ1n) is 7.91. The van der Waals surface area contributed by atoms with E-state index in [1.807, 2.05) is 30.3 Å². The SMILES string of the molecule is CN(C(=O)C1CCCC1O)C1CCN(c2ccccc2)C1=O. The maximum absolute atomic E-state index is 12.6. The van der Waals surface area contributed by atoms with Gasteiger partial charge >= 0.3 is 0 Å². The molecule has 0 spiro atoms. The van der Waals surface area contributed by atoms with Crippen molar-refractivity contribution in [3.8, 4) is 0 Å². The number of hydrogen-bond acceptors (Lipinski definition) is 3. The molecule has 1 aliphatic heterocycles. The zero-order valence-corrected chi connectivity index (χ0v) is 12.8. The van der Waals surface area contributed by atoms with Crippen molar-refractivity contribution in [1.82, 2.24) is 4.90 Å². The molecule has 0 radical (unpaired) electrons. The molecule has 2 fully saturated rings. The minimum Gasteiger partial charge on any atom is -0.392 e. The van der Waals surface area contributed by atoms with Crippen LogP contribution in [0.15, 0.2) is 30.3 Å². The molecule has 1 aromatic carbocycles. The number of hydrogen-bond donors (Lipinski definition) is 1. The zero-order valence-electron chi connectivity index (χ0n) is 12.8. The Kier molecular flexibility index (Phi) is 4.16. The summed E-state index contributed by atoms with van der Waals surface area (Å²) in [5, 5.41) is 9.90. The van der Waals surface area contributed by atoms with Crippen molar-refractivity contribution in [2.45, 2.75) is 37.8 Å². The lowest BCUT2D eigenvalue weighted by atomic mass is 10.0. The third-order valence-corrected chi connectivity index (χ3v) is 4.86. The molecule has 5 heteroatoms. The highest BCUT2D eigenvalue weighted by atomic mass is 16.3. The molecule has 1 saturated heterocycles. The molecular weight excluding hydrogens is 280 g/mol. The summed E-state index contributed by atoms with van der Waals surface area (Å²) in [6, 6.07) is 9.12. The second-order valence-electron chi connectivity index (χ2n) is 6.18. The average molecular weight is 302 g/mol. The van der Waals surface area contributed by atoms with E-state index in [-0.39, 0.29) is 17.7 Å². The molecule has 3 atom stereocenters. The van der Waals surface area contributed by atoms with Gasteiger partial charge in [0, 0.05) is 19.3 Å². The van der Waals surface area contributed by atoms with E-state index in [9.17, 15) is 14.7 Å². The monoisotopic (exact) mass is 302 g/mol. The molecule has 5 nitrogen and oxygen atoms in total. The maximum Gasteiger partial charge on any atom is 0.249 e. The van der Waals surface area contributed by atoms with Crippen molar-refractivity contribution in [2.75, 3.05) is 18.5 Å². The van der Waals surface area contributed by atoms with Crippen LogP contribution in [0, 0.1) is 5.92 Å². The maximum atomic E-state index is 12.6. The summed E-state index contributed by atoms with van der Waals surface area (Å²) in [5.74, 6) is -0.476. The normalized spacial score (nSPS) is 28.2. The van der Waals surface area contributed by atoms with Gasteiger partial charge in [-0.05, 0) is 37.8 Å². The highest BCUT2D eigenvalue weighted by molar-refractivity contribution is 6.01. The Balaban J connectivity index is 1.70. The number of nitrogens with zero attached hydrogens (tertiary/aromatic N) is 2. The van der Waals surface area contributed by atoms with Gasteiger partial charge in [-0.25, -0.2) is 0 Å². The topological polar surface area (TPSA) is 60.9 Å². The van der Waals surface area contributed by atoms with E-state index in [2.05, 4.69) is 0 Å². The average Bonchev–Trinajstić information content (AvgIpc) is 3.12. The molecule has 2 aliphatic rings. The van der Waals surface area contributed by atoms with Gasteiger partial charge in [0.15, 0.2) is 0 Å². The Morgan fingerprint density at radius 2 is 1.95 bits per heavy atom. The quantitative estimate of drug-likeness (QED) is 0.918. The molecule has 3 rings (SSSR count). The largest absolute Gasteiger partial charge is 0.392 e. The van der Waals surface area contributed by atoms with Crippen molar-refractivity contribution in [1.29, 1.82) is 0 Å². The van der Waals surface area contributed by atoms with Crippen LogP contribution in [-0.4, -0.2) is 47.6 Å². The van der Waals surface area contributed by atoms with Gasteiger partial charge in [-0.2, -0.15) is 0 Å². The Morgan fingerprint density at radius 3 is 2.59 bits per heavy atom. The van der Waals surface area contributed by atoms with Gasteiger partial charge in [0.25, 0.3) is 0 Å². The second-order valence-corrected chi connectivity index (χ2v) is 6.18.